The van der Waals surface area contributed by atoms with E-state index in [9.17, 15) is 4.79 Å². The van der Waals surface area contributed by atoms with Gasteiger partial charge in [0.25, 0.3) is 5.56 Å². The Labute approximate surface area is 128 Å². The van der Waals surface area contributed by atoms with Crippen LogP contribution in [0.2, 0.25) is 5.02 Å². The van der Waals surface area contributed by atoms with Crippen molar-refractivity contribution < 1.29 is 0 Å². The van der Waals surface area contributed by atoms with Crippen molar-refractivity contribution in [1.82, 2.24) is 9.78 Å². The minimum atomic E-state index is -0.0722. The predicted octanol–water partition coefficient (Wildman–Crippen LogP) is 3.00. The molecule has 0 aliphatic heterocycles. The Morgan fingerprint density at radius 2 is 2.25 bits per heavy atom. The van der Waals surface area contributed by atoms with Gasteiger partial charge in [0.2, 0.25) is 0 Å². The Bertz CT molecular complexity index is 544. The first kappa shape index (κ1) is 14.3. The maximum absolute atomic E-state index is 12.4. The molecule has 0 radical (unpaired) electrons. The summed E-state index contributed by atoms with van der Waals surface area (Å²) in [5.74, 6) is 0.626. The van der Waals surface area contributed by atoms with Gasteiger partial charge in [-0.3, -0.25) is 4.79 Å². The normalized spacial score (nSPS) is 25.9. The number of hydrogen-bond donors (Lipinski definition) is 1. The van der Waals surface area contributed by atoms with Gasteiger partial charge in [-0.05, 0) is 44.3 Å². The molecule has 6 heteroatoms. The Morgan fingerprint density at radius 1 is 1.45 bits per heavy atom. The minimum absolute atomic E-state index is 0.0722. The van der Waals surface area contributed by atoms with Gasteiger partial charge in [0, 0.05) is 17.8 Å². The van der Waals surface area contributed by atoms with Gasteiger partial charge in [-0.25, -0.2) is 4.68 Å². The fourth-order valence-electron chi connectivity index (χ4n) is 2.76. The first-order valence-corrected chi connectivity index (χ1v) is 8.89. The summed E-state index contributed by atoms with van der Waals surface area (Å²) in [5, 5.41) is 8.65. The van der Waals surface area contributed by atoms with E-state index in [4.69, 9.17) is 11.6 Å². The Kier molecular flexibility index (Phi) is 4.26. The fraction of sp³-hybridized carbons (Fsp3) is 0.714. The zero-order valence-corrected chi connectivity index (χ0v) is 13.2. The van der Waals surface area contributed by atoms with Gasteiger partial charge in [0.05, 0.1) is 11.2 Å². The van der Waals surface area contributed by atoms with Crippen molar-refractivity contribution in [3.05, 3.63) is 21.6 Å². The molecule has 0 saturated heterocycles. The van der Waals surface area contributed by atoms with Gasteiger partial charge in [0.15, 0.2) is 0 Å². The lowest BCUT2D eigenvalue weighted by Gasteiger charge is -2.16. The molecule has 0 spiro atoms. The van der Waals surface area contributed by atoms with Gasteiger partial charge in [-0.2, -0.15) is 16.9 Å². The van der Waals surface area contributed by atoms with Crippen LogP contribution in [0, 0.1) is 5.92 Å². The van der Waals surface area contributed by atoms with Gasteiger partial charge in [0.1, 0.15) is 5.69 Å². The zero-order chi connectivity index (χ0) is 14.1. The molecule has 2 aliphatic rings. The molecule has 1 heterocycles. The molecule has 2 atom stereocenters. The number of halogens is 1. The van der Waals surface area contributed by atoms with Crippen LogP contribution >= 0.6 is 23.4 Å². The first-order chi connectivity index (χ1) is 9.67. The largest absolute Gasteiger partial charge is 0.376 e. The van der Waals surface area contributed by atoms with E-state index < -0.39 is 0 Å². The third-order valence-electron chi connectivity index (χ3n) is 4.19. The second kappa shape index (κ2) is 5.98. The Balaban J connectivity index is 1.76. The van der Waals surface area contributed by atoms with Gasteiger partial charge < -0.3 is 5.32 Å². The van der Waals surface area contributed by atoms with E-state index in [-0.39, 0.29) is 5.56 Å². The molecule has 0 amide bonds. The molecular weight excluding hydrogens is 294 g/mol. The summed E-state index contributed by atoms with van der Waals surface area (Å²) < 4.78 is 1.56. The van der Waals surface area contributed by atoms with Gasteiger partial charge in [-0.15, -0.1) is 0 Å². The van der Waals surface area contributed by atoms with Crippen molar-refractivity contribution in [2.24, 2.45) is 5.92 Å². The second-order valence-corrected chi connectivity index (χ2v) is 7.36. The molecule has 1 aromatic rings. The Hall–Kier alpha value is -0.680. The summed E-state index contributed by atoms with van der Waals surface area (Å²) in [6.07, 6.45) is 9.56. The maximum Gasteiger partial charge on any atom is 0.291 e. The molecule has 0 bridgehead atoms. The van der Waals surface area contributed by atoms with Gasteiger partial charge >= 0.3 is 0 Å². The second-order valence-electron chi connectivity index (χ2n) is 5.81. The SMILES string of the molecule is CSC1CCC(Nc2c(Cl)cnn(CC3CC3)c2=O)C1. The molecule has 0 aromatic carbocycles. The summed E-state index contributed by atoms with van der Waals surface area (Å²) in [6.45, 7) is 0.725. The van der Waals surface area contributed by atoms with Crippen molar-refractivity contribution in [3.8, 4) is 0 Å². The highest BCUT2D eigenvalue weighted by molar-refractivity contribution is 7.99. The van der Waals surface area contributed by atoms with Crippen molar-refractivity contribution >= 4 is 29.1 Å². The molecule has 1 aromatic heterocycles. The zero-order valence-electron chi connectivity index (χ0n) is 11.6. The predicted molar refractivity (Wildman–Crippen MR) is 84.8 cm³/mol. The number of aromatic nitrogens is 2. The monoisotopic (exact) mass is 313 g/mol. The number of rotatable bonds is 5. The van der Waals surface area contributed by atoms with E-state index in [0.29, 0.717) is 27.9 Å². The summed E-state index contributed by atoms with van der Waals surface area (Å²) in [4.78, 5) is 12.4. The lowest BCUT2D eigenvalue weighted by Crippen LogP contribution is -2.29. The van der Waals surface area contributed by atoms with Crippen molar-refractivity contribution in [2.75, 3.05) is 11.6 Å². The van der Waals surface area contributed by atoms with Crippen molar-refractivity contribution in [1.29, 1.82) is 0 Å². The molecule has 20 heavy (non-hydrogen) atoms. The van der Waals surface area contributed by atoms with Crippen LogP contribution in [-0.2, 0) is 6.54 Å². The van der Waals surface area contributed by atoms with Crippen LogP contribution in [0.1, 0.15) is 32.1 Å². The topological polar surface area (TPSA) is 46.9 Å². The van der Waals surface area contributed by atoms with E-state index in [1.165, 1.54) is 19.3 Å². The highest BCUT2D eigenvalue weighted by atomic mass is 35.5. The van der Waals surface area contributed by atoms with Gasteiger partial charge in [-0.1, -0.05) is 11.6 Å². The summed E-state index contributed by atoms with van der Waals surface area (Å²) in [6, 6.07) is 0.356. The van der Waals surface area contributed by atoms with Crippen molar-refractivity contribution in [2.45, 2.75) is 49.9 Å². The van der Waals surface area contributed by atoms with Crippen molar-refractivity contribution in [3.63, 3.8) is 0 Å². The quantitative estimate of drug-likeness (QED) is 0.907. The number of anilines is 1. The number of nitrogens with zero attached hydrogens (tertiary/aromatic N) is 2. The molecule has 2 fully saturated rings. The molecular formula is C14H20ClN3OS. The molecule has 2 aliphatic carbocycles. The minimum Gasteiger partial charge on any atom is -0.376 e. The molecule has 3 rings (SSSR count). The molecule has 110 valence electrons. The highest BCUT2D eigenvalue weighted by Gasteiger charge is 2.27. The van der Waals surface area contributed by atoms with E-state index in [1.54, 1.807) is 10.9 Å². The molecule has 2 unspecified atom stereocenters. The maximum atomic E-state index is 12.4. The Morgan fingerprint density at radius 3 is 2.90 bits per heavy atom. The van der Waals surface area contributed by atoms with Crippen LogP contribution in [0.15, 0.2) is 11.0 Å². The van der Waals surface area contributed by atoms with E-state index in [2.05, 4.69) is 16.7 Å². The number of thioether (sulfide) groups is 1. The highest BCUT2D eigenvalue weighted by Crippen LogP contribution is 2.32. The standard InChI is InChI=1S/C14H20ClN3OS/c1-20-11-5-4-10(6-11)17-13-12(15)7-16-18(14(13)19)8-9-2-3-9/h7,9-11,17H,2-6,8H2,1H3. The average molecular weight is 314 g/mol. The summed E-state index contributed by atoms with van der Waals surface area (Å²) in [5.41, 5.74) is 0.464. The first-order valence-electron chi connectivity index (χ1n) is 7.22. The number of nitrogens with one attached hydrogen (secondary N) is 1. The van der Waals surface area contributed by atoms with E-state index in [1.807, 2.05) is 11.8 Å². The lowest BCUT2D eigenvalue weighted by molar-refractivity contribution is 0.533. The van der Waals surface area contributed by atoms with Crippen LogP contribution in [0.5, 0.6) is 0 Å². The summed E-state index contributed by atoms with van der Waals surface area (Å²) >= 11 is 8.07. The number of hydrogen-bond acceptors (Lipinski definition) is 4. The molecule has 1 N–H and O–H groups in total. The average Bonchev–Trinajstić information content (AvgIpc) is 3.14. The van der Waals surface area contributed by atoms with E-state index in [0.717, 1.165) is 19.4 Å². The van der Waals surface area contributed by atoms with Crippen LogP contribution in [0.4, 0.5) is 5.69 Å². The van der Waals surface area contributed by atoms with E-state index >= 15 is 0 Å². The van der Waals surface area contributed by atoms with Crippen LogP contribution in [-0.4, -0.2) is 27.3 Å². The summed E-state index contributed by atoms with van der Waals surface area (Å²) in [7, 11) is 0. The van der Waals surface area contributed by atoms with Crippen LogP contribution in [0.3, 0.4) is 0 Å². The van der Waals surface area contributed by atoms with Crippen LogP contribution < -0.4 is 10.9 Å². The third-order valence-corrected chi connectivity index (χ3v) is 5.57. The van der Waals surface area contributed by atoms with Crippen LogP contribution in [0.25, 0.3) is 0 Å². The molecule has 2 saturated carbocycles. The fourth-order valence-corrected chi connectivity index (χ4v) is 3.74. The molecule has 4 nitrogen and oxygen atoms in total. The lowest BCUT2D eigenvalue weighted by atomic mass is 10.2. The third kappa shape index (κ3) is 3.14. The smallest absolute Gasteiger partial charge is 0.291 e.